The van der Waals surface area contributed by atoms with E-state index in [-0.39, 0.29) is 12.6 Å². The molecule has 21 heavy (non-hydrogen) atoms. The summed E-state index contributed by atoms with van der Waals surface area (Å²) in [5, 5.41) is 14.9. The van der Waals surface area contributed by atoms with Gasteiger partial charge < -0.3 is 10.4 Å². The van der Waals surface area contributed by atoms with Gasteiger partial charge in [-0.05, 0) is 61.2 Å². The maximum Gasteiger partial charge on any atom is 0.0809 e. The molecule has 0 aromatic carbocycles. The van der Waals surface area contributed by atoms with Crippen LogP contribution in [0.2, 0.25) is 0 Å². The summed E-state index contributed by atoms with van der Waals surface area (Å²) < 4.78 is 1.25. The van der Waals surface area contributed by atoms with Crippen LogP contribution in [0.25, 0.3) is 10.2 Å². The normalized spacial score (nSPS) is 14.7. The molecule has 2 unspecified atom stereocenters. The van der Waals surface area contributed by atoms with Gasteiger partial charge in [0, 0.05) is 18.8 Å². The smallest absolute Gasteiger partial charge is 0.0809 e. The number of thiophene rings is 1. The van der Waals surface area contributed by atoms with Crippen LogP contribution in [0.5, 0.6) is 0 Å². The SMILES string of the molecule is CC(C)CC(CCO)CNC(C)c1cnc2ccsc2c1. The van der Waals surface area contributed by atoms with E-state index >= 15 is 0 Å². The lowest BCUT2D eigenvalue weighted by atomic mass is 9.94. The van der Waals surface area contributed by atoms with Crippen LogP contribution in [0.4, 0.5) is 0 Å². The molecule has 0 aliphatic carbocycles. The average molecular weight is 306 g/mol. The second kappa shape index (κ2) is 7.87. The van der Waals surface area contributed by atoms with E-state index in [9.17, 15) is 5.11 Å². The molecule has 0 radical (unpaired) electrons. The number of nitrogens with zero attached hydrogens (tertiary/aromatic N) is 1. The Bertz CT molecular complexity index is 552. The molecule has 2 atom stereocenters. The van der Waals surface area contributed by atoms with Crippen LogP contribution in [-0.2, 0) is 0 Å². The highest BCUT2D eigenvalue weighted by molar-refractivity contribution is 7.17. The minimum Gasteiger partial charge on any atom is -0.396 e. The van der Waals surface area contributed by atoms with Gasteiger partial charge in [0.05, 0.1) is 10.2 Å². The number of aliphatic hydroxyl groups is 1. The molecule has 3 nitrogen and oxygen atoms in total. The van der Waals surface area contributed by atoms with E-state index in [0.717, 1.165) is 24.9 Å². The van der Waals surface area contributed by atoms with Crippen LogP contribution < -0.4 is 5.32 Å². The number of fused-ring (bicyclic) bond motifs is 1. The molecule has 2 rings (SSSR count). The van der Waals surface area contributed by atoms with E-state index in [1.165, 1.54) is 10.3 Å². The number of aliphatic hydroxyl groups excluding tert-OH is 1. The van der Waals surface area contributed by atoms with Crippen LogP contribution in [0.15, 0.2) is 23.7 Å². The third-order valence-corrected chi connectivity index (χ3v) is 4.73. The molecular weight excluding hydrogens is 280 g/mol. The van der Waals surface area contributed by atoms with Crippen LogP contribution in [0.3, 0.4) is 0 Å². The molecule has 0 spiro atoms. The fraction of sp³-hybridized carbons (Fsp3) is 0.588. The number of aromatic nitrogens is 1. The van der Waals surface area contributed by atoms with Crippen LogP contribution in [-0.4, -0.2) is 23.2 Å². The van der Waals surface area contributed by atoms with Crippen LogP contribution in [0, 0.1) is 11.8 Å². The van der Waals surface area contributed by atoms with Gasteiger partial charge in [-0.2, -0.15) is 0 Å². The van der Waals surface area contributed by atoms with E-state index in [2.05, 4.69) is 48.6 Å². The van der Waals surface area contributed by atoms with E-state index in [0.29, 0.717) is 11.8 Å². The predicted octanol–water partition coefficient (Wildman–Crippen LogP) is 3.99. The van der Waals surface area contributed by atoms with Gasteiger partial charge in [-0.15, -0.1) is 11.3 Å². The molecule has 0 saturated heterocycles. The lowest BCUT2D eigenvalue weighted by Crippen LogP contribution is -2.27. The summed E-state index contributed by atoms with van der Waals surface area (Å²) >= 11 is 1.74. The molecule has 0 fully saturated rings. The van der Waals surface area contributed by atoms with E-state index in [1.807, 2.05) is 6.20 Å². The Morgan fingerprint density at radius 2 is 2.14 bits per heavy atom. The second-order valence-corrected chi connectivity index (χ2v) is 7.16. The third kappa shape index (κ3) is 4.77. The van der Waals surface area contributed by atoms with Gasteiger partial charge in [0.1, 0.15) is 0 Å². The molecule has 0 aliphatic heterocycles. The van der Waals surface area contributed by atoms with Gasteiger partial charge in [0.15, 0.2) is 0 Å². The summed E-state index contributed by atoms with van der Waals surface area (Å²) in [4.78, 5) is 4.50. The summed E-state index contributed by atoms with van der Waals surface area (Å²) in [6.07, 6.45) is 4.00. The number of pyridine rings is 1. The number of rotatable bonds is 8. The minimum absolute atomic E-state index is 0.274. The highest BCUT2D eigenvalue weighted by atomic mass is 32.1. The molecule has 2 heterocycles. The lowest BCUT2D eigenvalue weighted by Gasteiger charge is -2.22. The van der Waals surface area contributed by atoms with Crippen molar-refractivity contribution in [2.75, 3.05) is 13.2 Å². The fourth-order valence-electron chi connectivity index (χ4n) is 2.71. The van der Waals surface area contributed by atoms with E-state index in [1.54, 1.807) is 11.3 Å². The molecule has 116 valence electrons. The average Bonchev–Trinajstić information content (AvgIpc) is 2.91. The van der Waals surface area contributed by atoms with Crippen molar-refractivity contribution in [3.63, 3.8) is 0 Å². The third-order valence-electron chi connectivity index (χ3n) is 3.88. The van der Waals surface area contributed by atoms with Gasteiger partial charge in [-0.1, -0.05) is 13.8 Å². The molecule has 4 heteroatoms. The zero-order valence-corrected chi connectivity index (χ0v) is 14.0. The first-order chi connectivity index (χ1) is 10.1. The quantitative estimate of drug-likeness (QED) is 0.775. The molecule has 0 bridgehead atoms. The first kappa shape index (κ1) is 16.4. The Morgan fingerprint density at radius 3 is 2.86 bits per heavy atom. The Morgan fingerprint density at radius 1 is 1.33 bits per heavy atom. The molecule has 2 aromatic rings. The van der Waals surface area contributed by atoms with Crippen molar-refractivity contribution < 1.29 is 5.11 Å². The van der Waals surface area contributed by atoms with Crippen molar-refractivity contribution in [1.82, 2.24) is 10.3 Å². The zero-order valence-electron chi connectivity index (χ0n) is 13.2. The molecule has 0 amide bonds. The minimum atomic E-state index is 0.274. The van der Waals surface area contributed by atoms with Crippen molar-refractivity contribution in [2.24, 2.45) is 11.8 Å². The summed E-state index contributed by atoms with van der Waals surface area (Å²) in [7, 11) is 0. The first-order valence-corrected chi connectivity index (χ1v) is 8.65. The summed E-state index contributed by atoms with van der Waals surface area (Å²) in [6, 6.07) is 4.58. The van der Waals surface area contributed by atoms with Gasteiger partial charge in [-0.25, -0.2) is 0 Å². The fourth-order valence-corrected chi connectivity index (χ4v) is 3.50. The number of hydrogen-bond acceptors (Lipinski definition) is 4. The Balaban J connectivity index is 1.94. The topological polar surface area (TPSA) is 45.1 Å². The standard InChI is InChI=1S/C17H26N2OS/c1-12(2)8-14(4-6-20)10-18-13(3)15-9-17-16(19-11-15)5-7-21-17/h5,7,9,11-14,18,20H,4,6,8,10H2,1-3H3. The summed E-state index contributed by atoms with van der Waals surface area (Å²) in [5.41, 5.74) is 2.31. The number of nitrogens with one attached hydrogen (secondary N) is 1. The van der Waals surface area contributed by atoms with E-state index < -0.39 is 0 Å². The van der Waals surface area contributed by atoms with Gasteiger partial charge in [0.2, 0.25) is 0 Å². The Kier molecular flexibility index (Phi) is 6.15. The Labute approximate surface area is 131 Å². The lowest BCUT2D eigenvalue weighted by molar-refractivity contribution is 0.237. The van der Waals surface area contributed by atoms with Crippen molar-refractivity contribution >= 4 is 21.6 Å². The highest BCUT2D eigenvalue weighted by Gasteiger charge is 2.13. The number of hydrogen-bond donors (Lipinski definition) is 2. The van der Waals surface area contributed by atoms with Crippen molar-refractivity contribution in [2.45, 2.75) is 39.7 Å². The van der Waals surface area contributed by atoms with Gasteiger partial charge in [0.25, 0.3) is 0 Å². The Hall–Kier alpha value is -0.970. The van der Waals surface area contributed by atoms with Crippen molar-refractivity contribution in [3.8, 4) is 0 Å². The summed E-state index contributed by atoms with van der Waals surface area (Å²) in [5.74, 6) is 1.21. The highest BCUT2D eigenvalue weighted by Crippen LogP contribution is 2.23. The van der Waals surface area contributed by atoms with Crippen LogP contribution in [0.1, 0.15) is 45.2 Å². The van der Waals surface area contributed by atoms with Gasteiger partial charge in [-0.3, -0.25) is 4.98 Å². The monoisotopic (exact) mass is 306 g/mol. The maximum absolute atomic E-state index is 9.19. The molecule has 0 aliphatic rings. The largest absolute Gasteiger partial charge is 0.396 e. The van der Waals surface area contributed by atoms with Crippen molar-refractivity contribution in [1.29, 1.82) is 0 Å². The van der Waals surface area contributed by atoms with Gasteiger partial charge >= 0.3 is 0 Å². The maximum atomic E-state index is 9.19. The molecular formula is C17H26N2OS. The molecule has 2 N–H and O–H groups in total. The molecule has 2 aromatic heterocycles. The van der Waals surface area contributed by atoms with Crippen molar-refractivity contribution in [3.05, 3.63) is 29.3 Å². The van der Waals surface area contributed by atoms with E-state index in [4.69, 9.17) is 0 Å². The summed E-state index contributed by atoms with van der Waals surface area (Å²) in [6.45, 7) is 7.88. The first-order valence-electron chi connectivity index (χ1n) is 7.77. The molecule has 0 saturated carbocycles. The predicted molar refractivity (Wildman–Crippen MR) is 90.7 cm³/mol. The zero-order chi connectivity index (χ0) is 15.2. The van der Waals surface area contributed by atoms with Crippen LogP contribution >= 0.6 is 11.3 Å². The second-order valence-electron chi connectivity index (χ2n) is 6.21.